The van der Waals surface area contributed by atoms with Crippen LogP contribution in [0.2, 0.25) is 0 Å². The van der Waals surface area contributed by atoms with E-state index in [0.717, 1.165) is 23.5 Å². The number of sulfonamides is 1. The van der Waals surface area contributed by atoms with Crippen molar-refractivity contribution < 1.29 is 12.8 Å². The van der Waals surface area contributed by atoms with E-state index in [4.69, 9.17) is 0 Å². The molecule has 4 rings (SSSR count). The van der Waals surface area contributed by atoms with Crippen molar-refractivity contribution in [2.45, 2.75) is 18.7 Å². The molecule has 0 atom stereocenters. The molecule has 3 aromatic rings. The first-order valence-corrected chi connectivity index (χ1v) is 11.3. The van der Waals surface area contributed by atoms with Crippen molar-refractivity contribution in [3.63, 3.8) is 0 Å². The van der Waals surface area contributed by atoms with Gasteiger partial charge < -0.3 is 10.2 Å². The standard InChI is InChI=1S/C21H23FN6O2S/c1-15-7-8-23-19(13-15)26-20-14-21(25-16(2)24-20)27-9-11-28(12-10-27)31(29,30)18-5-3-17(22)4-6-18/h3-8,13-14H,9-12H2,1-2H3,(H,23,24,25,26). The third-order valence-corrected chi connectivity index (χ3v) is 6.92. The fraction of sp³-hybridized carbons (Fsp3) is 0.286. The molecule has 8 nitrogen and oxygen atoms in total. The largest absolute Gasteiger partial charge is 0.354 e. The molecule has 1 aromatic carbocycles. The second-order valence-corrected chi connectivity index (χ2v) is 9.29. The highest BCUT2D eigenvalue weighted by Gasteiger charge is 2.29. The highest BCUT2D eigenvalue weighted by Crippen LogP contribution is 2.23. The van der Waals surface area contributed by atoms with Crippen LogP contribution in [0.15, 0.2) is 53.6 Å². The number of halogens is 1. The summed E-state index contributed by atoms with van der Waals surface area (Å²) in [6.45, 7) is 5.39. The lowest BCUT2D eigenvalue weighted by Crippen LogP contribution is -2.49. The fourth-order valence-corrected chi connectivity index (χ4v) is 4.85. The molecule has 2 aromatic heterocycles. The van der Waals surface area contributed by atoms with Gasteiger partial charge in [-0.25, -0.2) is 27.8 Å². The lowest BCUT2D eigenvalue weighted by Gasteiger charge is -2.34. The predicted molar refractivity (Wildman–Crippen MR) is 116 cm³/mol. The lowest BCUT2D eigenvalue weighted by molar-refractivity contribution is 0.383. The van der Waals surface area contributed by atoms with Gasteiger partial charge in [0, 0.05) is 38.4 Å². The number of benzene rings is 1. The maximum absolute atomic E-state index is 13.1. The van der Waals surface area contributed by atoms with Crippen LogP contribution in [0.25, 0.3) is 0 Å². The van der Waals surface area contributed by atoms with Crippen LogP contribution >= 0.6 is 0 Å². The Hall–Kier alpha value is -3.11. The minimum atomic E-state index is -3.66. The van der Waals surface area contributed by atoms with E-state index in [9.17, 15) is 12.8 Å². The molecule has 0 aliphatic carbocycles. The average Bonchev–Trinajstić information content (AvgIpc) is 2.74. The molecule has 0 amide bonds. The molecular formula is C21H23FN6O2S. The number of aromatic nitrogens is 3. The number of pyridine rings is 1. The maximum Gasteiger partial charge on any atom is 0.243 e. The van der Waals surface area contributed by atoms with Crippen LogP contribution in [0, 0.1) is 19.7 Å². The second kappa shape index (κ2) is 8.56. The average molecular weight is 443 g/mol. The molecule has 1 aliphatic heterocycles. The minimum Gasteiger partial charge on any atom is -0.354 e. The summed E-state index contributed by atoms with van der Waals surface area (Å²) in [6, 6.07) is 10.6. The number of hydrogen-bond acceptors (Lipinski definition) is 7. The monoisotopic (exact) mass is 442 g/mol. The quantitative estimate of drug-likeness (QED) is 0.650. The molecule has 162 valence electrons. The Balaban J connectivity index is 1.47. The normalized spacial score (nSPS) is 15.1. The molecule has 3 heterocycles. The Kier molecular flexibility index (Phi) is 5.84. The van der Waals surface area contributed by atoms with Gasteiger partial charge in [-0.15, -0.1) is 0 Å². The van der Waals surface area contributed by atoms with Gasteiger partial charge in [0.25, 0.3) is 0 Å². The third kappa shape index (κ3) is 4.80. The van der Waals surface area contributed by atoms with Crippen molar-refractivity contribution in [1.29, 1.82) is 0 Å². The van der Waals surface area contributed by atoms with E-state index in [0.29, 0.717) is 43.6 Å². The van der Waals surface area contributed by atoms with Gasteiger partial charge in [0.2, 0.25) is 10.0 Å². The molecule has 1 saturated heterocycles. The van der Waals surface area contributed by atoms with Crippen LogP contribution in [0.3, 0.4) is 0 Å². The summed E-state index contributed by atoms with van der Waals surface area (Å²) in [6.07, 6.45) is 1.73. The molecule has 0 unspecified atom stereocenters. The summed E-state index contributed by atoms with van der Waals surface area (Å²) in [7, 11) is -3.66. The zero-order chi connectivity index (χ0) is 22.0. The number of anilines is 3. The highest BCUT2D eigenvalue weighted by molar-refractivity contribution is 7.89. The van der Waals surface area contributed by atoms with Crippen molar-refractivity contribution >= 4 is 27.5 Å². The SMILES string of the molecule is Cc1ccnc(Nc2cc(N3CCN(S(=O)(=O)c4ccc(F)cc4)CC3)nc(C)n2)c1. The summed E-state index contributed by atoms with van der Waals surface area (Å²) in [4.78, 5) is 15.4. The number of nitrogens with zero attached hydrogens (tertiary/aromatic N) is 5. The van der Waals surface area contributed by atoms with Crippen molar-refractivity contribution in [3.05, 3.63) is 65.9 Å². The first-order valence-electron chi connectivity index (χ1n) is 9.87. The number of nitrogens with one attached hydrogen (secondary N) is 1. The number of hydrogen-bond donors (Lipinski definition) is 1. The van der Waals surface area contributed by atoms with Crippen LogP contribution in [0.5, 0.6) is 0 Å². The molecule has 1 aliphatic rings. The van der Waals surface area contributed by atoms with Crippen molar-refractivity contribution in [2.24, 2.45) is 0 Å². The Labute approximate surface area is 180 Å². The van der Waals surface area contributed by atoms with Gasteiger partial charge in [0.15, 0.2) is 0 Å². The summed E-state index contributed by atoms with van der Waals surface area (Å²) < 4.78 is 40.2. The molecule has 0 bridgehead atoms. The van der Waals surface area contributed by atoms with Crippen LogP contribution in [0.4, 0.5) is 21.8 Å². The molecule has 0 radical (unpaired) electrons. The van der Waals surface area contributed by atoms with Gasteiger partial charge in [0.1, 0.15) is 29.1 Å². The van der Waals surface area contributed by atoms with Crippen LogP contribution in [-0.4, -0.2) is 53.9 Å². The molecule has 0 saturated carbocycles. The first-order chi connectivity index (χ1) is 14.8. The molecule has 1 fully saturated rings. The Bertz CT molecular complexity index is 1180. The molecular weight excluding hydrogens is 419 g/mol. The Morgan fingerprint density at radius 1 is 0.935 bits per heavy atom. The summed E-state index contributed by atoms with van der Waals surface area (Å²) in [5.41, 5.74) is 1.09. The van der Waals surface area contributed by atoms with Gasteiger partial charge >= 0.3 is 0 Å². The molecule has 10 heteroatoms. The van der Waals surface area contributed by atoms with Gasteiger partial charge in [-0.2, -0.15) is 4.31 Å². The van der Waals surface area contributed by atoms with Crippen molar-refractivity contribution in [3.8, 4) is 0 Å². The topological polar surface area (TPSA) is 91.3 Å². The number of aryl methyl sites for hydroxylation is 2. The van der Waals surface area contributed by atoms with E-state index in [2.05, 4.69) is 20.3 Å². The van der Waals surface area contributed by atoms with Crippen LogP contribution < -0.4 is 10.2 Å². The van der Waals surface area contributed by atoms with Crippen LogP contribution in [-0.2, 0) is 10.0 Å². The summed E-state index contributed by atoms with van der Waals surface area (Å²) >= 11 is 0. The van der Waals surface area contributed by atoms with Crippen LogP contribution in [0.1, 0.15) is 11.4 Å². The summed E-state index contributed by atoms with van der Waals surface area (Å²) in [5, 5.41) is 3.20. The lowest BCUT2D eigenvalue weighted by atomic mass is 10.3. The summed E-state index contributed by atoms with van der Waals surface area (Å²) in [5.74, 6) is 2.19. The minimum absolute atomic E-state index is 0.0948. The highest BCUT2D eigenvalue weighted by atomic mass is 32.2. The smallest absolute Gasteiger partial charge is 0.243 e. The fourth-order valence-electron chi connectivity index (χ4n) is 3.43. The van der Waals surface area contributed by atoms with E-state index in [-0.39, 0.29) is 4.90 Å². The molecule has 31 heavy (non-hydrogen) atoms. The van der Waals surface area contributed by atoms with E-state index in [1.807, 2.05) is 36.9 Å². The first kappa shape index (κ1) is 21.1. The zero-order valence-electron chi connectivity index (χ0n) is 17.3. The van der Waals surface area contributed by atoms with Gasteiger partial charge in [-0.3, -0.25) is 0 Å². The third-order valence-electron chi connectivity index (χ3n) is 5.01. The van der Waals surface area contributed by atoms with Gasteiger partial charge in [0.05, 0.1) is 4.90 Å². The second-order valence-electron chi connectivity index (χ2n) is 7.35. The van der Waals surface area contributed by atoms with Gasteiger partial charge in [-0.05, 0) is 55.8 Å². The van der Waals surface area contributed by atoms with E-state index >= 15 is 0 Å². The number of piperazine rings is 1. The number of rotatable bonds is 5. The Morgan fingerprint density at radius 2 is 1.65 bits per heavy atom. The zero-order valence-corrected chi connectivity index (χ0v) is 18.1. The van der Waals surface area contributed by atoms with Crippen molar-refractivity contribution in [2.75, 3.05) is 36.4 Å². The Morgan fingerprint density at radius 3 is 2.32 bits per heavy atom. The maximum atomic E-state index is 13.1. The predicted octanol–water partition coefficient (Wildman–Crippen LogP) is 2.88. The molecule has 0 spiro atoms. The van der Waals surface area contributed by atoms with E-state index in [1.54, 1.807) is 6.20 Å². The van der Waals surface area contributed by atoms with E-state index < -0.39 is 15.8 Å². The van der Waals surface area contributed by atoms with E-state index in [1.165, 1.54) is 16.4 Å². The molecule has 1 N–H and O–H groups in total. The van der Waals surface area contributed by atoms with Gasteiger partial charge in [-0.1, -0.05) is 0 Å². The van der Waals surface area contributed by atoms with Crippen molar-refractivity contribution in [1.82, 2.24) is 19.3 Å².